The summed E-state index contributed by atoms with van der Waals surface area (Å²) in [6, 6.07) is 12.5. The Balaban J connectivity index is 1.55. The second-order valence-electron chi connectivity index (χ2n) is 6.64. The summed E-state index contributed by atoms with van der Waals surface area (Å²) in [7, 11) is 0. The highest BCUT2D eigenvalue weighted by Gasteiger charge is 2.16. The molecule has 0 radical (unpaired) electrons. The van der Waals surface area contributed by atoms with E-state index in [1.54, 1.807) is 16.8 Å². The largest absolute Gasteiger partial charge is 0.494 e. The van der Waals surface area contributed by atoms with Crippen molar-refractivity contribution in [3.05, 3.63) is 64.6 Å². The van der Waals surface area contributed by atoms with Crippen LogP contribution in [0, 0.1) is 13.8 Å². The van der Waals surface area contributed by atoms with E-state index in [4.69, 9.17) is 25.8 Å². The lowest BCUT2D eigenvalue weighted by atomic mass is 10.3. The Labute approximate surface area is 180 Å². The van der Waals surface area contributed by atoms with Crippen LogP contribution in [0.25, 0.3) is 5.82 Å². The van der Waals surface area contributed by atoms with Crippen molar-refractivity contribution in [3.63, 3.8) is 0 Å². The second-order valence-corrected chi connectivity index (χ2v) is 7.05. The van der Waals surface area contributed by atoms with Crippen LogP contribution >= 0.6 is 11.6 Å². The maximum atomic E-state index is 12.4. The second kappa shape index (κ2) is 10.1. The molecule has 3 aromatic rings. The van der Waals surface area contributed by atoms with Gasteiger partial charge in [0.2, 0.25) is 0 Å². The van der Waals surface area contributed by atoms with Crippen molar-refractivity contribution in [2.45, 2.75) is 27.2 Å². The first-order valence-electron chi connectivity index (χ1n) is 9.71. The molecule has 7 nitrogen and oxygen atoms in total. The molecule has 0 aliphatic carbocycles. The third-order valence-corrected chi connectivity index (χ3v) is 4.44. The van der Waals surface area contributed by atoms with Crippen LogP contribution in [-0.2, 0) is 4.74 Å². The van der Waals surface area contributed by atoms with Gasteiger partial charge in [0.25, 0.3) is 0 Å². The third kappa shape index (κ3) is 5.51. The molecule has 0 N–H and O–H groups in total. The Hall–Kier alpha value is -3.06. The first-order chi connectivity index (χ1) is 14.5. The zero-order chi connectivity index (χ0) is 21.5. The molecule has 2 aromatic heterocycles. The van der Waals surface area contributed by atoms with Crippen molar-refractivity contribution in [2.75, 3.05) is 19.8 Å². The number of halogens is 1. The topological polar surface area (TPSA) is 75.5 Å². The Morgan fingerprint density at radius 2 is 1.67 bits per heavy atom. The minimum absolute atomic E-state index is 0.0409. The van der Waals surface area contributed by atoms with Crippen LogP contribution in [-0.4, -0.2) is 40.6 Å². The number of carbonyl (C=O) groups is 1. The van der Waals surface area contributed by atoms with Gasteiger partial charge in [0.1, 0.15) is 24.7 Å². The number of ether oxygens (including phenoxy) is 3. The van der Waals surface area contributed by atoms with Gasteiger partial charge in [0.15, 0.2) is 11.5 Å². The zero-order valence-corrected chi connectivity index (χ0v) is 18.0. The highest BCUT2D eigenvalue weighted by molar-refractivity contribution is 6.33. The highest BCUT2D eigenvalue weighted by Crippen LogP contribution is 2.19. The quantitative estimate of drug-likeness (QED) is 0.366. The Morgan fingerprint density at radius 1 is 1.00 bits per heavy atom. The fourth-order valence-electron chi connectivity index (χ4n) is 2.77. The molecular formula is C22H24ClN3O4. The standard InChI is InChI=1S/C22H24ClN3O4/c1-4-11-28-17-5-7-18(8-6-17)29-12-13-30-22(27)21-19(23)9-10-20(24-21)26-16(3)14-15(2)25-26/h5-10,14H,4,11-13H2,1-3H3. The fourth-order valence-corrected chi connectivity index (χ4v) is 2.95. The monoisotopic (exact) mass is 429 g/mol. The number of carbonyl (C=O) groups excluding carboxylic acids is 1. The van der Waals surface area contributed by atoms with Crippen molar-refractivity contribution >= 4 is 17.6 Å². The molecule has 0 atom stereocenters. The Kier molecular flexibility index (Phi) is 7.30. The molecule has 3 rings (SSSR count). The van der Waals surface area contributed by atoms with E-state index in [-0.39, 0.29) is 23.9 Å². The summed E-state index contributed by atoms with van der Waals surface area (Å²) in [5, 5.41) is 4.59. The van der Waals surface area contributed by atoms with Crippen LogP contribution in [0.5, 0.6) is 11.5 Å². The molecule has 2 heterocycles. The number of rotatable bonds is 9. The minimum Gasteiger partial charge on any atom is -0.494 e. The summed E-state index contributed by atoms with van der Waals surface area (Å²) in [5.41, 5.74) is 1.80. The minimum atomic E-state index is -0.615. The molecule has 0 bridgehead atoms. The summed E-state index contributed by atoms with van der Waals surface area (Å²) in [5.74, 6) is 1.34. The van der Waals surface area contributed by atoms with E-state index in [0.29, 0.717) is 18.2 Å². The van der Waals surface area contributed by atoms with Crippen LogP contribution in [0.1, 0.15) is 35.2 Å². The van der Waals surface area contributed by atoms with E-state index < -0.39 is 5.97 Å². The number of hydrogen-bond donors (Lipinski definition) is 0. The van der Waals surface area contributed by atoms with E-state index in [1.165, 1.54) is 0 Å². The molecule has 0 fully saturated rings. The van der Waals surface area contributed by atoms with E-state index in [2.05, 4.69) is 17.0 Å². The van der Waals surface area contributed by atoms with Gasteiger partial charge in [-0.3, -0.25) is 0 Å². The Bertz CT molecular complexity index is 1000. The van der Waals surface area contributed by atoms with Gasteiger partial charge in [-0.1, -0.05) is 18.5 Å². The van der Waals surface area contributed by atoms with Gasteiger partial charge >= 0.3 is 5.97 Å². The molecule has 0 unspecified atom stereocenters. The fraction of sp³-hybridized carbons (Fsp3) is 0.318. The number of aromatic nitrogens is 3. The van der Waals surface area contributed by atoms with Crippen molar-refractivity contribution < 1.29 is 19.0 Å². The first kappa shape index (κ1) is 21.6. The van der Waals surface area contributed by atoms with Gasteiger partial charge in [0, 0.05) is 5.69 Å². The molecule has 30 heavy (non-hydrogen) atoms. The van der Waals surface area contributed by atoms with Gasteiger partial charge in [-0.15, -0.1) is 0 Å². The molecule has 0 saturated carbocycles. The zero-order valence-electron chi connectivity index (χ0n) is 17.2. The van der Waals surface area contributed by atoms with Gasteiger partial charge in [-0.25, -0.2) is 14.5 Å². The smallest absolute Gasteiger partial charge is 0.358 e. The number of esters is 1. The number of hydrogen-bond acceptors (Lipinski definition) is 6. The molecule has 0 spiro atoms. The van der Waals surface area contributed by atoms with Crippen molar-refractivity contribution in [1.29, 1.82) is 0 Å². The van der Waals surface area contributed by atoms with Crippen LogP contribution in [0.15, 0.2) is 42.5 Å². The van der Waals surface area contributed by atoms with E-state index in [9.17, 15) is 4.79 Å². The average molecular weight is 430 g/mol. The number of benzene rings is 1. The lowest BCUT2D eigenvalue weighted by molar-refractivity contribution is 0.0444. The Morgan fingerprint density at radius 3 is 2.27 bits per heavy atom. The predicted octanol–water partition coefficient (Wildman–Crippen LogP) is 4.56. The number of pyridine rings is 1. The number of aryl methyl sites for hydroxylation is 2. The van der Waals surface area contributed by atoms with Crippen LogP contribution < -0.4 is 9.47 Å². The van der Waals surface area contributed by atoms with Crippen LogP contribution in [0.2, 0.25) is 5.02 Å². The molecule has 8 heteroatoms. The molecule has 1 aromatic carbocycles. The summed E-state index contributed by atoms with van der Waals surface area (Å²) in [6.45, 7) is 6.80. The lowest BCUT2D eigenvalue weighted by Gasteiger charge is -2.10. The van der Waals surface area contributed by atoms with E-state index in [1.807, 2.05) is 44.2 Å². The summed E-state index contributed by atoms with van der Waals surface area (Å²) >= 11 is 6.15. The summed E-state index contributed by atoms with van der Waals surface area (Å²) in [6.07, 6.45) is 0.951. The van der Waals surface area contributed by atoms with Gasteiger partial charge in [-0.2, -0.15) is 5.10 Å². The molecule has 0 amide bonds. The van der Waals surface area contributed by atoms with E-state index in [0.717, 1.165) is 23.6 Å². The van der Waals surface area contributed by atoms with Crippen molar-refractivity contribution in [2.24, 2.45) is 0 Å². The molecule has 0 aliphatic rings. The first-order valence-corrected chi connectivity index (χ1v) is 10.1. The summed E-state index contributed by atoms with van der Waals surface area (Å²) in [4.78, 5) is 16.8. The normalized spacial score (nSPS) is 10.7. The van der Waals surface area contributed by atoms with E-state index >= 15 is 0 Å². The van der Waals surface area contributed by atoms with Crippen LogP contribution in [0.4, 0.5) is 0 Å². The van der Waals surface area contributed by atoms with Crippen molar-refractivity contribution in [1.82, 2.24) is 14.8 Å². The molecule has 0 saturated heterocycles. The van der Waals surface area contributed by atoms with Gasteiger partial charge < -0.3 is 14.2 Å². The van der Waals surface area contributed by atoms with Gasteiger partial charge in [-0.05, 0) is 62.7 Å². The van der Waals surface area contributed by atoms with Gasteiger partial charge in [0.05, 0.1) is 17.3 Å². The predicted molar refractivity (Wildman–Crippen MR) is 114 cm³/mol. The van der Waals surface area contributed by atoms with Crippen LogP contribution in [0.3, 0.4) is 0 Å². The maximum absolute atomic E-state index is 12.4. The molecule has 158 valence electrons. The van der Waals surface area contributed by atoms with Crippen molar-refractivity contribution in [3.8, 4) is 17.3 Å². The average Bonchev–Trinajstić information content (AvgIpc) is 3.08. The number of nitrogens with zero attached hydrogens (tertiary/aromatic N) is 3. The summed E-state index contributed by atoms with van der Waals surface area (Å²) < 4.78 is 18.0. The maximum Gasteiger partial charge on any atom is 0.358 e. The third-order valence-electron chi connectivity index (χ3n) is 4.13. The lowest BCUT2D eigenvalue weighted by Crippen LogP contribution is -2.15. The molecule has 0 aliphatic heterocycles. The molecular weight excluding hydrogens is 406 g/mol. The highest BCUT2D eigenvalue weighted by atomic mass is 35.5. The SMILES string of the molecule is CCCOc1ccc(OCCOC(=O)c2nc(-n3nc(C)cc3C)ccc2Cl)cc1.